The van der Waals surface area contributed by atoms with Crippen molar-refractivity contribution in [2.45, 2.75) is 18.7 Å². The molecule has 1 aromatic carbocycles. The van der Waals surface area contributed by atoms with Crippen molar-refractivity contribution in [3.63, 3.8) is 0 Å². The summed E-state index contributed by atoms with van der Waals surface area (Å²) in [5, 5.41) is 9.36. The van der Waals surface area contributed by atoms with Gasteiger partial charge in [0.2, 0.25) is 5.60 Å². The van der Waals surface area contributed by atoms with Crippen LogP contribution in [0.15, 0.2) is 24.3 Å². The third-order valence-electron chi connectivity index (χ3n) is 2.50. The van der Waals surface area contributed by atoms with Crippen molar-refractivity contribution in [1.29, 1.82) is 0 Å². The highest BCUT2D eigenvalue weighted by molar-refractivity contribution is 7.85. The van der Waals surface area contributed by atoms with Gasteiger partial charge < -0.3 is 9.84 Å². The van der Waals surface area contributed by atoms with Crippen LogP contribution in [0.3, 0.4) is 0 Å². The maximum absolute atomic E-state index is 12.9. The van der Waals surface area contributed by atoms with Gasteiger partial charge >= 0.3 is 12.1 Å². The molecule has 10 heteroatoms. The minimum Gasteiger partial charge on any atom is -0.507 e. The van der Waals surface area contributed by atoms with Gasteiger partial charge in [-0.2, -0.15) is 21.6 Å². The van der Waals surface area contributed by atoms with Crippen molar-refractivity contribution >= 4 is 16.1 Å². The fourth-order valence-corrected chi connectivity index (χ4v) is 2.34. The van der Waals surface area contributed by atoms with E-state index in [1.165, 1.54) is 12.1 Å². The Bertz CT molecular complexity index is 640. The molecule has 0 heterocycles. The van der Waals surface area contributed by atoms with E-state index in [1.54, 1.807) is 0 Å². The number of para-hydroxylation sites is 1. The third-order valence-corrected chi connectivity index (χ3v) is 3.42. The second-order valence-electron chi connectivity index (χ2n) is 4.36. The number of ether oxygens (including phenoxy) is 1. The fraction of sp³-hybridized carbons (Fsp3) is 0.364. The van der Waals surface area contributed by atoms with Crippen LogP contribution in [-0.2, 0) is 14.9 Å². The predicted octanol–water partition coefficient (Wildman–Crippen LogP) is 1.76. The molecule has 1 aromatic rings. The van der Waals surface area contributed by atoms with Crippen molar-refractivity contribution in [3.05, 3.63) is 29.8 Å². The number of benzene rings is 1. The molecule has 1 unspecified atom stereocenters. The van der Waals surface area contributed by atoms with Gasteiger partial charge in [-0.1, -0.05) is 12.1 Å². The standard InChI is InChI=1S/C11H11F3O6S/c1-10(11(12,13)14,6-21(17,18)19)20-9(16)7-4-2-3-5-8(7)15/h2-5,15H,6H2,1H3,(H,17,18,19). The molecule has 0 fully saturated rings. The number of alkyl halides is 3. The van der Waals surface area contributed by atoms with E-state index >= 15 is 0 Å². The van der Waals surface area contributed by atoms with Crippen molar-refractivity contribution in [2.75, 3.05) is 5.75 Å². The summed E-state index contributed by atoms with van der Waals surface area (Å²) < 4.78 is 72.8. The van der Waals surface area contributed by atoms with Gasteiger partial charge in [0.25, 0.3) is 10.1 Å². The zero-order valence-corrected chi connectivity index (χ0v) is 11.4. The Morgan fingerprint density at radius 3 is 2.24 bits per heavy atom. The maximum atomic E-state index is 12.9. The maximum Gasteiger partial charge on any atom is 0.429 e. The average Bonchev–Trinajstić information content (AvgIpc) is 2.25. The van der Waals surface area contributed by atoms with Crippen LogP contribution >= 0.6 is 0 Å². The first kappa shape index (κ1) is 17.2. The Morgan fingerprint density at radius 2 is 1.81 bits per heavy atom. The molecule has 0 spiro atoms. The van der Waals surface area contributed by atoms with Crippen LogP contribution in [-0.4, -0.2) is 41.6 Å². The molecule has 0 aliphatic carbocycles. The number of carbonyl (C=O) groups excluding carboxylic acids is 1. The molecular formula is C11H11F3O6S. The first-order valence-corrected chi connectivity index (χ1v) is 7.00. The second-order valence-corrected chi connectivity index (χ2v) is 5.81. The Labute approximate surface area is 117 Å². The van der Waals surface area contributed by atoms with E-state index in [0.717, 1.165) is 12.1 Å². The zero-order chi connectivity index (χ0) is 16.5. The van der Waals surface area contributed by atoms with E-state index in [0.29, 0.717) is 6.92 Å². The summed E-state index contributed by atoms with van der Waals surface area (Å²) in [6.07, 6.45) is -5.25. The predicted molar refractivity (Wildman–Crippen MR) is 64.4 cm³/mol. The number of aromatic hydroxyl groups is 1. The number of carbonyl (C=O) groups is 1. The number of esters is 1. The van der Waals surface area contributed by atoms with Gasteiger partial charge in [0.1, 0.15) is 17.1 Å². The second kappa shape index (κ2) is 5.53. The number of rotatable bonds is 4. The third kappa shape index (κ3) is 4.33. The minimum atomic E-state index is -5.25. The van der Waals surface area contributed by atoms with Crippen molar-refractivity contribution in [2.24, 2.45) is 0 Å². The zero-order valence-electron chi connectivity index (χ0n) is 10.6. The molecule has 0 aliphatic heterocycles. The molecule has 0 amide bonds. The molecule has 0 bridgehead atoms. The lowest BCUT2D eigenvalue weighted by Crippen LogP contribution is -2.51. The van der Waals surface area contributed by atoms with Crippen LogP contribution in [0.1, 0.15) is 17.3 Å². The lowest BCUT2D eigenvalue weighted by molar-refractivity contribution is -0.243. The van der Waals surface area contributed by atoms with Gasteiger partial charge in [0, 0.05) is 0 Å². The quantitative estimate of drug-likeness (QED) is 0.645. The van der Waals surface area contributed by atoms with Gasteiger partial charge in [-0.25, -0.2) is 4.79 Å². The van der Waals surface area contributed by atoms with E-state index < -0.39 is 44.9 Å². The summed E-state index contributed by atoms with van der Waals surface area (Å²) in [5.41, 5.74) is -4.02. The van der Waals surface area contributed by atoms with E-state index in [2.05, 4.69) is 4.74 Å². The molecule has 118 valence electrons. The first-order chi connectivity index (χ1) is 9.36. The summed E-state index contributed by atoms with van der Waals surface area (Å²) in [4.78, 5) is 11.7. The van der Waals surface area contributed by atoms with Crippen LogP contribution in [0, 0.1) is 0 Å². The monoisotopic (exact) mass is 328 g/mol. The molecule has 1 rings (SSSR count). The first-order valence-electron chi connectivity index (χ1n) is 5.39. The average molecular weight is 328 g/mol. The minimum absolute atomic E-state index is 0.304. The number of hydrogen-bond acceptors (Lipinski definition) is 5. The molecule has 6 nitrogen and oxygen atoms in total. The van der Waals surface area contributed by atoms with Gasteiger partial charge in [0.15, 0.2) is 0 Å². The van der Waals surface area contributed by atoms with E-state index in [-0.39, 0.29) is 0 Å². The molecule has 0 saturated carbocycles. The van der Waals surface area contributed by atoms with Crippen LogP contribution < -0.4 is 0 Å². The Hall–Kier alpha value is -1.81. The number of halogens is 3. The van der Waals surface area contributed by atoms with E-state index in [9.17, 15) is 31.5 Å². The van der Waals surface area contributed by atoms with Crippen molar-refractivity contribution < 1.29 is 40.8 Å². The molecule has 1 atom stereocenters. The van der Waals surface area contributed by atoms with Crippen LogP contribution in [0.4, 0.5) is 13.2 Å². The van der Waals surface area contributed by atoms with Gasteiger partial charge in [0.05, 0.1) is 0 Å². The molecule has 21 heavy (non-hydrogen) atoms. The Morgan fingerprint density at radius 1 is 1.29 bits per heavy atom. The van der Waals surface area contributed by atoms with E-state index in [1.807, 2.05) is 0 Å². The molecular weight excluding hydrogens is 317 g/mol. The van der Waals surface area contributed by atoms with Crippen molar-refractivity contribution in [1.82, 2.24) is 0 Å². The summed E-state index contributed by atoms with van der Waals surface area (Å²) in [6.45, 7) is 0.304. The lowest BCUT2D eigenvalue weighted by atomic mass is 10.1. The highest BCUT2D eigenvalue weighted by atomic mass is 32.2. The van der Waals surface area contributed by atoms with Gasteiger partial charge in [-0.05, 0) is 19.1 Å². The molecule has 2 N–H and O–H groups in total. The number of hydrogen-bond donors (Lipinski definition) is 2. The topological polar surface area (TPSA) is 101 Å². The number of phenolic OH excluding ortho intramolecular Hbond substituents is 1. The molecule has 0 aliphatic rings. The van der Waals surface area contributed by atoms with Crippen LogP contribution in [0.25, 0.3) is 0 Å². The summed E-state index contributed by atoms with van der Waals surface area (Å²) >= 11 is 0. The van der Waals surface area contributed by atoms with Crippen LogP contribution in [0.2, 0.25) is 0 Å². The Kier molecular flexibility index (Phi) is 4.54. The molecule has 0 aromatic heterocycles. The SMILES string of the molecule is CC(CS(=O)(=O)O)(OC(=O)c1ccccc1O)C(F)(F)F. The van der Waals surface area contributed by atoms with Gasteiger partial charge in [-0.15, -0.1) is 0 Å². The van der Waals surface area contributed by atoms with Gasteiger partial charge in [-0.3, -0.25) is 4.55 Å². The molecule has 0 radical (unpaired) electrons. The Balaban J connectivity index is 3.14. The highest BCUT2D eigenvalue weighted by Gasteiger charge is 2.57. The van der Waals surface area contributed by atoms with Crippen LogP contribution in [0.5, 0.6) is 5.75 Å². The summed E-state index contributed by atoms with van der Waals surface area (Å²) in [7, 11) is -5.06. The lowest BCUT2D eigenvalue weighted by Gasteiger charge is -2.30. The largest absolute Gasteiger partial charge is 0.507 e. The smallest absolute Gasteiger partial charge is 0.429 e. The summed E-state index contributed by atoms with van der Waals surface area (Å²) in [5.74, 6) is -4.06. The van der Waals surface area contributed by atoms with E-state index in [4.69, 9.17) is 4.55 Å². The fourth-order valence-electron chi connectivity index (χ4n) is 1.42. The van der Waals surface area contributed by atoms with Crippen molar-refractivity contribution in [3.8, 4) is 5.75 Å². The number of phenols is 1. The normalized spacial score (nSPS) is 15.3. The highest BCUT2D eigenvalue weighted by Crippen LogP contribution is 2.35. The molecule has 0 saturated heterocycles. The summed E-state index contributed by atoms with van der Waals surface area (Å²) in [6, 6.07) is 4.64.